The normalized spacial score (nSPS) is 18.1. The van der Waals surface area contributed by atoms with Crippen LogP contribution in [-0.2, 0) is 23.5 Å². The Morgan fingerprint density at radius 1 is 1.14 bits per heavy atom. The van der Waals surface area contributed by atoms with Crippen molar-refractivity contribution in [2.75, 3.05) is 10.2 Å². The lowest BCUT2D eigenvalue weighted by Gasteiger charge is -2.42. The zero-order valence-electron chi connectivity index (χ0n) is 15.9. The zero-order valence-corrected chi connectivity index (χ0v) is 16.7. The average molecular weight is 407 g/mol. The van der Waals surface area contributed by atoms with Gasteiger partial charge in [0.1, 0.15) is 0 Å². The first-order valence-corrected chi connectivity index (χ1v) is 10.2. The molecule has 7 heteroatoms. The highest BCUT2D eigenvalue weighted by atomic mass is 32.1. The number of benzene rings is 2. The van der Waals surface area contributed by atoms with Crippen molar-refractivity contribution < 1.29 is 14.7 Å². The van der Waals surface area contributed by atoms with E-state index in [-0.39, 0.29) is 6.54 Å². The number of aryl methyl sites for hydroxylation is 1. The van der Waals surface area contributed by atoms with E-state index >= 15 is 0 Å². The van der Waals surface area contributed by atoms with Crippen LogP contribution in [0.15, 0.2) is 66.0 Å². The summed E-state index contributed by atoms with van der Waals surface area (Å²) >= 11 is 1.51. The average Bonchev–Trinajstić information content (AvgIpc) is 3.26. The van der Waals surface area contributed by atoms with Gasteiger partial charge < -0.3 is 15.7 Å². The predicted molar refractivity (Wildman–Crippen MR) is 114 cm³/mol. The number of urea groups is 1. The molecule has 148 valence electrons. The number of para-hydroxylation sites is 1. The highest BCUT2D eigenvalue weighted by molar-refractivity contribution is 7.09. The third-order valence-electron chi connectivity index (χ3n) is 4.99. The van der Waals surface area contributed by atoms with E-state index in [4.69, 9.17) is 0 Å². The maximum absolute atomic E-state index is 13.3. The second-order valence-electron chi connectivity index (χ2n) is 6.77. The molecule has 1 aromatic heterocycles. The second-order valence-corrected chi connectivity index (χ2v) is 7.80. The molecule has 0 unspecified atom stereocenters. The summed E-state index contributed by atoms with van der Waals surface area (Å²) in [5.74, 6) is -0.659. The van der Waals surface area contributed by atoms with Gasteiger partial charge in [-0.1, -0.05) is 43.3 Å². The Morgan fingerprint density at radius 2 is 1.90 bits per heavy atom. The summed E-state index contributed by atoms with van der Waals surface area (Å²) in [6.45, 7) is 2.30. The molecule has 3 aromatic rings. The molecule has 3 N–H and O–H groups in total. The maximum atomic E-state index is 13.3. The summed E-state index contributed by atoms with van der Waals surface area (Å²) in [5.41, 5.74) is 0.0833. The summed E-state index contributed by atoms with van der Waals surface area (Å²) in [7, 11) is 0. The zero-order chi connectivity index (χ0) is 20.4. The maximum Gasteiger partial charge on any atom is 0.329 e. The molecule has 0 radical (unpaired) electrons. The third kappa shape index (κ3) is 3.39. The van der Waals surface area contributed by atoms with Crippen molar-refractivity contribution in [3.05, 3.63) is 82.0 Å². The number of rotatable bonds is 5. The number of aliphatic hydroxyl groups is 1. The minimum absolute atomic E-state index is 0.269. The Kier molecular flexibility index (Phi) is 5.08. The second kappa shape index (κ2) is 7.69. The molecule has 2 aromatic carbocycles. The summed E-state index contributed by atoms with van der Waals surface area (Å²) < 4.78 is 0. The number of hydrogen-bond donors (Lipinski definition) is 3. The van der Waals surface area contributed by atoms with Crippen molar-refractivity contribution in [1.29, 1.82) is 0 Å². The van der Waals surface area contributed by atoms with Gasteiger partial charge in [0.2, 0.25) is 0 Å². The molecule has 3 amide bonds. The molecule has 6 nitrogen and oxygen atoms in total. The molecule has 0 aliphatic carbocycles. The van der Waals surface area contributed by atoms with Gasteiger partial charge in [-0.25, -0.2) is 4.79 Å². The molecule has 0 saturated carbocycles. The Labute approximate surface area is 172 Å². The minimum atomic E-state index is -2.18. The molecule has 1 atom stereocenters. The molecule has 0 saturated heterocycles. The van der Waals surface area contributed by atoms with Gasteiger partial charge in [0.05, 0.1) is 12.2 Å². The van der Waals surface area contributed by atoms with Gasteiger partial charge in [-0.15, -0.1) is 11.3 Å². The molecular weight excluding hydrogens is 386 g/mol. The van der Waals surface area contributed by atoms with Crippen molar-refractivity contribution in [1.82, 2.24) is 5.32 Å². The van der Waals surface area contributed by atoms with E-state index in [0.717, 1.165) is 21.8 Å². The molecular formula is C22H21N3O3S. The number of anilines is 2. The molecule has 0 bridgehead atoms. The standard InChI is InChI=1S/C22H21N3O3S/c1-2-15-9-11-16(12-10-15)25-21(27)24-19-8-4-3-7-18(19)22(25,28)20(26)23-14-17-6-5-13-29-17/h3-13,28H,2,14H2,1H3,(H,23,26)(H,24,27)/t22-/m0/s1. The summed E-state index contributed by atoms with van der Waals surface area (Å²) in [5, 5.41) is 19.1. The van der Waals surface area contributed by atoms with Crippen molar-refractivity contribution in [2.45, 2.75) is 25.6 Å². The number of carbonyl (C=O) groups excluding carboxylic acids is 2. The summed E-state index contributed by atoms with van der Waals surface area (Å²) in [4.78, 5) is 28.3. The number of thiophene rings is 1. The van der Waals surface area contributed by atoms with Crippen LogP contribution in [0.2, 0.25) is 0 Å². The monoisotopic (exact) mass is 407 g/mol. The fourth-order valence-electron chi connectivity index (χ4n) is 3.45. The number of carbonyl (C=O) groups is 2. The van der Waals surface area contributed by atoms with Crippen molar-refractivity contribution >= 4 is 34.6 Å². The lowest BCUT2D eigenvalue weighted by molar-refractivity contribution is -0.140. The van der Waals surface area contributed by atoms with Crippen LogP contribution in [0.5, 0.6) is 0 Å². The van der Waals surface area contributed by atoms with Crippen molar-refractivity contribution in [2.24, 2.45) is 0 Å². The third-order valence-corrected chi connectivity index (χ3v) is 5.87. The van der Waals surface area contributed by atoms with Crippen LogP contribution in [0.4, 0.5) is 16.2 Å². The molecule has 1 aliphatic heterocycles. The molecule has 1 aliphatic rings. The van der Waals surface area contributed by atoms with Gasteiger partial charge in [-0.05, 0) is 41.6 Å². The fraction of sp³-hybridized carbons (Fsp3) is 0.182. The lowest BCUT2D eigenvalue weighted by atomic mass is 9.94. The first-order chi connectivity index (χ1) is 14.0. The Balaban J connectivity index is 1.77. The van der Waals surface area contributed by atoms with Crippen LogP contribution in [0.25, 0.3) is 0 Å². The first kappa shape index (κ1) is 19.2. The van der Waals surface area contributed by atoms with E-state index in [1.54, 1.807) is 36.4 Å². The Morgan fingerprint density at radius 3 is 2.59 bits per heavy atom. The van der Waals surface area contributed by atoms with Gasteiger partial charge >= 0.3 is 6.03 Å². The van der Waals surface area contributed by atoms with Gasteiger partial charge in [-0.2, -0.15) is 0 Å². The lowest BCUT2D eigenvalue weighted by Crippen LogP contribution is -2.62. The van der Waals surface area contributed by atoms with Crippen LogP contribution in [0, 0.1) is 0 Å². The van der Waals surface area contributed by atoms with Crippen LogP contribution >= 0.6 is 11.3 Å². The van der Waals surface area contributed by atoms with Crippen LogP contribution in [0.1, 0.15) is 22.9 Å². The molecule has 29 heavy (non-hydrogen) atoms. The van der Waals surface area contributed by atoms with E-state index in [1.165, 1.54) is 11.3 Å². The van der Waals surface area contributed by atoms with Crippen molar-refractivity contribution in [3.63, 3.8) is 0 Å². The van der Waals surface area contributed by atoms with Crippen LogP contribution in [-0.4, -0.2) is 17.0 Å². The predicted octanol–water partition coefficient (Wildman–Crippen LogP) is 3.82. The van der Waals surface area contributed by atoms with E-state index in [1.807, 2.05) is 36.6 Å². The number of fused-ring (bicyclic) bond motifs is 1. The largest absolute Gasteiger partial charge is 0.359 e. The molecule has 0 fully saturated rings. The van der Waals surface area contributed by atoms with Crippen LogP contribution < -0.4 is 15.5 Å². The van der Waals surface area contributed by atoms with Crippen molar-refractivity contribution in [3.8, 4) is 0 Å². The smallest absolute Gasteiger partial charge is 0.329 e. The van der Waals surface area contributed by atoms with Gasteiger partial charge in [0.25, 0.3) is 11.6 Å². The topological polar surface area (TPSA) is 81.7 Å². The summed E-state index contributed by atoms with van der Waals surface area (Å²) in [6.07, 6.45) is 0.848. The van der Waals surface area contributed by atoms with Gasteiger partial charge in [0.15, 0.2) is 0 Å². The number of nitrogens with one attached hydrogen (secondary N) is 2. The highest BCUT2D eigenvalue weighted by Crippen LogP contribution is 2.39. The summed E-state index contributed by atoms with van der Waals surface area (Å²) in [6, 6.07) is 17.3. The number of amides is 3. The van der Waals surface area contributed by atoms with Gasteiger partial charge in [-0.3, -0.25) is 9.69 Å². The van der Waals surface area contributed by atoms with Crippen LogP contribution in [0.3, 0.4) is 0 Å². The first-order valence-electron chi connectivity index (χ1n) is 9.36. The molecule has 4 rings (SSSR count). The van der Waals surface area contributed by atoms with E-state index < -0.39 is 17.7 Å². The quantitative estimate of drug-likeness (QED) is 0.601. The molecule has 2 heterocycles. The highest BCUT2D eigenvalue weighted by Gasteiger charge is 2.51. The SMILES string of the molecule is CCc1ccc(N2C(=O)Nc3ccccc3[C@]2(O)C(=O)NCc2cccs2)cc1. The minimum Gasteiger partial charge on any atom is -0.359 e. The van der Waals surface area contributed by atoms with E-state index in [0.29, 0.717) is 16.9 Å². The van der Waals surface area contributed by atoms with E-state index in [9.17, 15) is 14.7 Å². The Hall–Kier alpha value is -3.16. The Bertz CT molecular complexity index is 1030. The number of hydrogen-bond acceptors (Lipinski definition) is 4. The van der Waals surface area contributed by atoms with E-state index in [2.05, 4.69) is 10.6 Å². The number of nitrogens with zero attached hydrogens (tertiary/aromatic N) is 1. The van der Waals surface area contributed by atoms with Gasteiger partial charge in [0, 0.05) is 16.1 Å². The molecule has 0 spiro atoms. The fourth-order valence-corrected chi connectivity index (χ4v) is 4.09.